The fourth-order valence-electron chi connectivity index (χ4n) is 1.55. The highest BCUT2D eigenvalue weighted by Gasteiger charge is 2.33. The zero-order chi connectivity index (χ0) is 9.84. The third kappa shape index (κ3) is 2.90. The summed E-state index contributed by atoms with van der Waals surface area (Å²) in [6.45, 7) is 5.58. The van der Waals surface area contributed by atoms with Gasteiger partial charge in [-0.05, 0) is 31.5 Å². The first kappa shape index (κ1) is 10.9. The van der Waals surface area contributed by atoms with E-state index in [1.807, 2.05) is 0 Å². The van der Waals surface area contributed by atoms with Gasteiger partial charge in [0.2, 0.25) is 0 Å². The van der Waals surface area contributed by atoms with Crippen LogP contribution in [0, 0.1) is 12.8 Å². The van der Waals surface area contributed by atoms with Gasteiger partial charge in [-0.2, -0.15) is 0 Å². The molecule has 1 saturated heterocycles. The third-order valence-corrected chi connectivity index (χ3v) is 2.58. The summed E-state index contributed by atoms with van der Waals surface area (Å²) < 4.78 is 10.2. The van der Waals surface area contributed by atoms with Crippen molar-refractivity contribution in [3.05, 3.63) is 6.92 Å². The van der Waals surface area contributed by atoms with Crippen molar-refractivity contribution in [2.24, 2.45) is 5.92 Å². The molecule has 74 valence electrons. The van der Waals surface area contributed by atoms with Gasteiger partial charge in [0.15, 0.2) is 5.05 Å². The number of aliphatic hydroxyl groups is 1. The zero-order valence-electron chi connectivity index (χ0n) is 7.60. The van der Waals surface area contributed by atoms with E-state index in [2.05, 4.69) is 0 Å². The van der Waals surface area contributed by atoms with Crippen molar-refractivity contribution in [1.82, 2.24) is 0 Å². The zero-order valence-corrected chi connectivity index (χ0v) is 8.42. The molecule has 13 heavy (non-hydrogen) atoms. The summed E-state index contributed by atoms with van der Waals surface area (Å²) in [6, 6.07) is 0. The van der Waals surface area contributed by atoms with E-state index in [1.54, 1.807) is 7.11 Å². The van der Waals surface area contributed by atoms with Gasteiger partial charge in [-0.1, -0.05) is 0 Å². The third-order valence-electron chi connectivity index (χ3n) is 2.25. The monoisotopic (exact) mass is 202 g/mol. The Hall–Kier alpha value is -0.190. The summed E-state index contributed by atoms with van der Waals surface area (Å²) in [4.78, 5) is 0. The van der Waals surface area contributed by atoms with Gasteiger partial charge >= 0.3 is 0 Å². The van der Waals surface area contributed by atoms with Gasteiger partial charge in [-0.15, -0.1) is 0 Å². The fourth-order valence-corrected chi connectivity index (χ4v) is 1.76. The second-order valence-corrected chi connectivity index (χ2v) is 3.63. The molecule has 0 aromatic heterocycles. The number of hydrogen-bond donors (Lipinski definition) is 1. The van der Waals surface area contributed by atoms with E-state index in [0.717, 1.165) is 6.42 Å². The summed E-state index contributed by atoms with van der Waals surface area (Å²) >= 11 is 4.93. The topological polar surface area (TPSA) is 38.7 Å². The van der Waals surface area contributed by atoms with Crippen LogP contribution in [0.4, 0.5) is 0 Å². The Kier molecular flexibility index (Phi) is 4.09. The molecule has 1 unspecified atom stereocenters. The van der Waals surface area contributed by atoms with Crippen molar-refractivity contribution in [2.75, 3.05) is 13.7 Å². The number of rotatable bonds is 3. The molecule has 1 rings (SSSR count). The van der Waals surface area contributed by atoms with Crippen LogP contribution >= 0.6 is 12.2 Å². The van der Waals surface area contributed by atoms with Crippen molar-refractivity contribution < 1.29 is 14.6 Å². The second kappa shape index (κ2) is 4.88. The molecule has 3 nitrogen and oxygen atoms in total. The van der Waals surface area contributed by atoms with Gasteiger partial charge in [0, 0.05) is 6.42 Å². The summed E-state index contributed by atoms with van der Waals surface area (Å²) in [5, 5.41) is 9.52. The van der Waals surface area contributed by atoms with E-state index in [1.165, 1.54) is 0 Å². The molecular formula is C9H14O3S. The average molecular weight is 202 g/mol. The van der Waals surface area contributed by atoms with Crippen LogP contribution in [0.2, 0.25) is 0 Å². The maximum atomic E-state index is 8.98. The summed E-state index contributed by atoms with van der Waals surface area (Å²) in [6.07, 6.45) is 0.893. The van der Waals surface area contributed by atoms with Crippen LogP contribution in [-0.2, 0) is 9.47 Å². The van der Waals surface area contributed by atoms with Gasteiger partial charge in [0.1, 0.15) is 0 Å². The van der Waals surface area contributed by atoms with Crippen molar-refractivity contribution in [3.8, 4) is 0 Å². The van der Waals surface area contributed by atoms with Crippen molar-refractivity contribution in [1.29, 1.82) is 0 Å². The first-order chi connectivity index (χ1) is 6.17. The Balaban J connectivity index is 2.43. The lowest BCUT2D eigenvalue weighted by molar-refractivity contribution is 0.0158. The predicted octanol–water partition coefficient (Wildman–Crippen LogP) is 0.827. The highest BCUT2D eigenvalue weighted by Crippen LogP contribution is 2.28. The Morgan fingerprint density at radius 1 is 1.77 bits per heavy atom. The molecule has 0 aliphatic carbocycles. The van der Waals surface area contributed by atoms with Crippen LogP contribution in [0.3, 0.4) is 0 Å². The lowest BCUT2D eigenvalue weighted by Crippen LogP contribution is -2.22. The summed E-state index contributed by atoms with van der Waals surface area (Å²) in [5.74, 6) is 0.187. The van der Waals surface area contributed by atoms with E-state index < -0.39 is 0 Å². The fraction of sp³-hybridized carbons (Fsp3) is 0.778. The Morgan fingerprint density at radius 2 is 2.46 bits per heavy atom. The molecule has 0 aromatic carbocycles. The van der Waals surface area contributed by atoms with E-state index in [4.69, 9.17) is 33.7 Å². The minimum Gasteiger partial charge on any atom is -0.490 e. The molecule has 0 bridgehead atoms. The summed E-state index contributed by atoms with van der Waals surface area (Å²) in [7, 11) is 1.55. The quantitative estimate of drug-likeness (QED) is 0.688. The van der Waals surface area contributed by atoms with Gasteiger partial charge in [-0.25, -0.2) is 0 Å². The summed E-state index contributed by atoms with van der Waals surface area (Å²) in [5.41, 5.74) is 0. The normalized spacial score (nSPS) is 33.3. The number of thiocarbonyl (C=S) groups is 1. The molecule has 4 heteroatoms. The Morgan fingerprint density at radius 3 is 3.00 bits per heavy atom. The molecule has 1 fully saturated rings. The lowest BCUT2D eigenvalue weighted by atomic mass is 9.97. The van der Waals surface area contributed by atoms with Gasteiger partial charge in [0.05, 0.1) is 25.9 Å². The number of aliphatic hydroxyl groups excluding tert-OH is 1. The molecule has 1 aliphatic heterocycles. The minimum absolute atomic E-state index is 0.00923. The standard InChI is InChI=1S/C9H14O3S/c1-6-3-7(4-9(13)11-2)8(5-10)12-6/h1,6-8,10H,3-5H2,2H3/t6?,7-,8+/m0/s1. The molecular weight excluding hydrogens is 188 g/mol. The highest BCUT2D eigenvalue weighted by atomic mass is 32.1. The Bertz CT molecular complexity index is 184. The second-order valence-electron chi connectivity index (χ2n) is 3.17. The first-order valence-electron chi connectivity index (χ1n) is 4.26. The van der Waals surface area contributed by atoms with Gasteiger partial charge < -0.3 is 14.6 Å². The highest BCUT2D eigenvalue weighted by molar-refractivity contribution is 7.80. The van der Waals surface area contributed by atoms with Gasteiger partial charge in [-0.3, -0.25) is 0 Å². The lowest BCUT2D eigenvalue weighted by Gasteiger charge is -2.15. The van der Waals surface area contributed by atoms with Crippen molar-refractivity contribution in [3.63, 3.8) is 0 Å². The van der Waals surface area contributed by atoms with Crippen LogP contribution in [-0.4, -0.2) is 36.1 Å². The van der Waals surface area contributed by atoms with E-state index in [0.29, 0.717) is 11.5 Å². The number of methoxy groups -OCH3 is 1. The van der Waals surface area contributed by atoms with Gasteiger partial charge in [0.25, 0.3) is 0 Å². The van der Waals surface area contributed by atoms with E-state index >= 15 is 0 Å². The van der Waals surface area contributed by atoms with E-state index in [-0.39, 0.29) is 24.7 Å². The molecule has 1 aliphatic rings. The molecule has 1 N–H and O–H groups in total. The molecule has 3 atom stereocenters. The maximum Gasteiger partial charge on any atom is 0.159 e. The molecule has 1 heterocycles. The van der Waals surface area contributed by atoms with Crippen LogP contribution < -0.4 is 0 Å². The van der Waals surface area contributed by atoms with E-state index in [9.17, 15) is 0 Å². The first-order valence-corrected chi connectivity index (χ1v) is 4.67. The molecule has 0 spiro atoms. The van der Waals surface area contributed by atoms with Crippen LogP contribution in [0.15, 0.2) is 0 Å². The van der Waals surface area contributed by atoms with Crippen LogP contribution in [0.5, 0.6) is 0 Å². The maximum absolute atomic E-state index is 8.98. The van der Waals surface area contributed by atoms with Crippen LogP contribution in [0.1, 0.15) is 12.8 Å². The largest absolute Gasteiger partial charge is 0.490 e. The van der Waals surface area contributed by atoms with Crippen LogP contribution in [0.25, 0.3) is 0 Å². The molecule has 0 amide bonds. The van der Waals surface area contributed by atoms with Crippen molar-refractivity contribution >= 4 is 17.3 Å². The number of ether oxygens (including phenoxy) is 2. The molecule has 0 saturated carbocycles. The predicted molar refractivity (Wildman–Crippen MR) is 52.4 cm³/mol. The minimum atomic E-state index is -0.276. The SMILES string of the molecule is [CH]C1C[C@@H](CC(=S)OC)[C@@H](CO)O1. The molecule has 2 radical (unpaired) electrons. The Labute approximate surface area is 84.0 Å². The average Bonchev–Trinajstić information content (AvgIpc) is 2.46. The smallest absolute Gasteiger partial charge is 0.159 e. The molecule has 0 aromatic rings. The number of hydrogen-bond acceptors (Lipinski definition) is 4. The van der Waals surface area contributed by atoms with Crippen molar-refractivity contribution in [2.45, 2.75) is 25.0 Å².